The van der Waals surface area contributed by atoms with Crippen LogP contribution < -0.4 is 10.6 Å². The molecule has 0 radical (unpaired) electrons. The summed E-state index contributed by atoms with van der Waals surface area (Å²) in [4.78, 5) is 36.3. The molecule has 1 unspecified atom stereocenters. The Balaban J connectivity index is 2.63. The largest absolute Gasteiger partial charge is 0.444 e. The molecule has 29 heavy (non-hydrogen) atoms. The molecule has 0 saturated heterocycles. The minimum Gasteiger partial charge on any atom is -0.444 e. The predicted octanol–water partition coefficient (Wildman–Crippen LogP) is 3.65. The molecule has 1 rings (SSSR count). The number of hydrogen-bond donors (Lipinski definition) is 2. The molecule has 2 amide bonds. The van der Waals surface area contributed by atoms with Gasteiger partial charge in [-0.3, -0.25) is 14.9 Å². The number of ether oxygens (including phenoxy) is 1. The Labute approximate surface area is 171 Å². The van der Waals surface area contributed by atoms with Crippen LogP contribution in [0.25, 0.3) is 0 Å². The molecule has 9 nitrogen and oxygen atoms in total. The summed E-state index contributed by atoms with van der Waals surface area (Å²) in [6, 6.07) is 4.46. The lowest BCUT2D eigenvalue weighted by molar-refractivity contribution is -0.384. The first-order valence-electron chi connectivity index (χ1n) is 9.62. The number of anilines is 1. The average Bonchev–Trinajstić information content (AvgIpc) is 2.60. The molecule has 0 aliphatic rings. The van der Waals surface area contributed by atoms with Crippen LogP contribution in [0.5, 0.6) is 0 Å². The number of nitro benzene ring substituents is 1. The zero-order valence-electron chi connectivity index (χ0n) is 18.1. The van der Waals surface area contributed by atoms with E-state index in [0.717, 1.165) is 12.8 Å². The molecule has 0 spiro atoms. The van der Waals surface area contributed by atoms with Gasteiger partial charge in [0.1, 0.15) is 11.3 Å². The van der Waals surface area contributed by atoms with Gasteiger partial charge in [0.05, 0.1) is 10.5 Å². The van der Waals surface area contributed by atoms with Crippen LogP contribution in [0, 0.1) is 16.0 Å². The lowest BCUT2D eigenvalue weighted by atomic mass is 10.0. The lowest BCUT2D eigenvalue weighted by Crippen LogP contribution is -2.33. The Kier molecular flexibility index (Phi) is 8.87. The highest BCUT2D eigenvalue weighted by molar-refractivity contribution is 6.01. The van der Waals surface area contributed by atoms with Crippen molar-refractivity contribution in [3.8, 4) is 0 Å². The topological polar surface area (TPSA) is 114 Å². The number of nitro groups is 1. The summed E-state index contributed by atoms with van der Waals surface area (Å²) in [6.07, 6.45) is 1.08. The number of amides is 2. The standard InChI is InChI=1S/C20H32N4O5/c1-14(9-8-12-21-19(26)29-20(2,3)4)13-22-17-15(18(25)23(5)6)10-7-11-16(17)24(27)28/h7,10-11,14,22H,8-9,12-13H2,1-6H3,(H,21,26). The van der Waals surface area contributed by atoms with Crippen molar-refractivity contribution >= 4 is 23.4 Å². The van der Waals surface area contributed by atoms with Crippen LogP contribution in [0.1, 0.15) is 50.9 Å². The SMILES string of the molecule is CC(CCCNC(=O)OC(C)(C)C)CNc1c(C(=O)N(C)C)cccc1[N+](=O)[O-]. The van der Waals surface area contributed by atoms with Crippen molar-refractivity contribution < 1.29 is 19.2 Å². The summed E-state index contributed by atoms with van der Waals surface area (Å²) < 4.78 is 5.18. The van der Waals surface area contributed by atoms with E-state index < -0.39 is 16.6 Å². The van der Waals surface area contributed by atoms with E-state index in [4.69, 9.17) is 4.74 Å². The molecule has 0 saturated carbocycles. The van der Waals surface area contributed by atoms with Gasteiger partial charge in [0.25, 0.3) is 11.6 Å². The number of nitrogens with zero attached hydrogens (tertiary/aromatic N) is 2. The second-order valence-corrected chi connectivity index (χ2v) is 8.21. The number of carbonyl (C=O) groups excluding carboxylic acids is 2. The quantitative estimate of drug-likeness (QED) is 0.366. The van der Waals surface area contributed by atoms with E-state index >= 15 is 0 Å². The van der Waals surface area contributed by atoms with Crippen LogP contribution in [0.3, 0.4) is 0 Å². The second-order valence-electron chi connectivity index (χ2n) is 8.21. The molecule has 0 bridgehead atoms. The third-order valence-corrected chi connectivity index (χ3v) is 4.04. The maximum atomic E-state index is 12.4. The highest BCUT2D eigenvalue weighted by Crippen LogP contribution is 2.29. The van der Waals surface area contributed by atoms with Crippen molar-refractivity contribution in [2.75, 3.05) is 32.5 Å². The number of para-hydroxylation sites is 1. The first-order chi connectivity index (χ1) is 13.4. The van der Waals surface area contributed by atoms with E-state index in [0.29, 0.717) is 13.1 Å². The molecular weight excluding hydrogens is 376 g/mol. The molecule has 1 aromatic rings. The Morgan fingerprint density at radius 2 is 1.93 bits per heavy atom. The molecule has 0 fully saturated rings. The van der Waals surface area contributed by atoms with Gasteiger partial charge in [0.15, 0.2) is 0 Å². The fraction of sp³-hybridized carbons (Fsp3) is 0.600. The van der Waals surface area contributed by atoms with Crippen LogP contribution in [-0.4, -0.2) is 54.6 Å². The van der Waals surface area contributed by atoms with E-state index in [9.17, 15) is 19.7 Å². The summed E-state index contributed by atoms with van der Waals surface area (Å²) in [5.74, 6) is -0.122. The summed E-state index contributed by atoms with van der Waals surface area (Å²) in [6.45, 7) is 8.36. The third-order valence-electron chi connectivity index (χ3n) is 4.04. The van der Waals surface area contributed by atoms with Crippen LogP contribution in [0.4, 0.5) is 16.2 Å². The van der Waals surface area contributed by atoms with Gasteiger partial charge in [0.2, 0.25) is 0 Å². The molecule has 1 aromatic carbocycles. The second kappa shape index (κ2) is 10.6. The van der Waals surface area contributed by atoms with Gasteiger partial charge in [0, 0.05) is 33.3 Å². The zero-order valence-corrected chi connectivity index (χ0v) is 18.1. The third kappa shape index (κ3) is 8.37. The monoisotopic (exact) mass is 408 g/mol. The van der Waals surface area contributed by atoms with Gasteiger partial charge >= 0.3 is 6.09 Å². The maximum absolute atomic E-state index is 12.4. The van der Waals surface area contributed by atoms with Crippen LogP contribution in [0.15, 0.2) is 18.2 Å². The van der Waals surface area contributed by atoms with Crippen molar-refractivity contribution in [1.29, 1.82) is 0 Å². The molecule has 0 aliphatic carbocycles. The van der Waals surface area contributed by atoms with Crippen molar-refractivity contribution in [2.24, 2.45) is 5.92 Å². The lowest BCUT2D eigenvalue weighted by Gasteiger charge is -2.20. The molecule has 0 aromatic heterocycles. The Bertz CT molecular complexity index is 728. The highest BCUT2D eigenvalue weighted by atomic mass is 16.6. The number of carbonyl (C=O) groups is 2. The Morgan fingerprint density at radius 3 is 2.48 bits per heavy atom. The number of benzene rings is 1. The Hall–Kier alpha value is -2.84. The smallest absolute Gasteiger partial charge is 0.407 e. The first-order valence-corrected chi connectivity index (χ1v) is 9.62. The van der Waals surface area contributed by atoms with Gasteiger partial charge in [-0.25, -0.2) is 4.79 Å². The van der Waals surface area contributed by atoms with Gasteiger partial charge in [-0.05, 0) is 45.6 Å². The van der Waals surface area contributed by atoms with Crippen molar-refractivity contribution in [1.82, 2.24) is 10.2 Å². The van der Waals surface area contributed by atoms with Crippen molar-refractivity contribution in [3.63, 3.8) is 0 Å². The molecule has 2 N–H and O–H groups in total. The van der Waals surface area contributed by atoms with E-state index in [2.05, 4.69) is 10.6 Å². The number of nitrogens with one attached hydrogen (secondary N) is 2. The normalized spacial score (nSPS) is 12.1. The Morgan fingerprint density at radius 1 is 1.28 bits per heavy atom. The van der Waals surface area contributed by atoms with Crippen molar-refractivity contribution in [3.05, 3.63) is 33.9 Å². The number of rotatable bonds is 9. The van der Waals surface area contributed by atoms with Gasteiger partial charge in [-0.2, -0.15) is 0 Å². The van der Waals surface area contributed by atoms with Gasteiger partial charge < -0.3 is 20.3 Å². The van der Waals surface area contributed by atoms with E-state index in [1.165, 1.54) is 17.0 Å². The first kappa shape index (κ1) is 24.2. The zero-order chi connectivity index (χ0) is 22.2. The average molecular weight is 408 g/mol. The van der Waals surface area contributed by atoms with Gasteiger partial charge in [-0.15, -0.1) is 0 Å². The minimum atomic E-state index is -0.534. The number of alkyl carbamates (subject to hydrolysis) is 1. The molecule has 0 aliphatic heterocycles. The van der Waals surface area contributed by atoms with Crippen LogP contribution >= 0.6 is 0 Å². The predicted molar refractivity (Wildman–Crippen MR) is 112 cm³/mol. The molecule has 0 heterocycles. The molecule has 162 valence electrons. The summed E-state index contributed by atoms with van der Waals surface area (Å²) in [5, 5.41) is 17.2. The summed E-state index contributed by atoms with van der Waals surface area (Å²) in [7, 11) is 3.20. The van der Waals surface area contributed by atoms with Gasteiger partial charge in [-0.1, -0.05) is 13.0 Å². The fourth-order valence-corrected chi connectivity index (χ4v) is 2.63. The molecule has 1 atom stereocenters. The van der Waals surface area contributed by atoms with E-state index in [-0.39, 0.29) is 28.8 Å². The van der Waals surface area contributed by atoms with Crippen LogP contribution in [0.2, 0.25) is 0 Å². The molecular formula is C20H32N4O5. The minimum absolute atomic E-state index is 0.128. The summed E-state index contributed by atoms with van der Waals surface area (Å²) in [5.41, 5.74) is -0.165. The van der Waals surface area contributed by atoms with Crippen molar-refractivity contribution in [2.45, 2.75) is 46.1 Å². The maximum Gasteiger partial charge on any atom is 0.407 e. The van der Waals surface area contributed by atoms with E-state index in [1.807, 2.05) is 6.92 Å². The fourth-order valence-electron chi connectivity index (χ4n) is 2.63. The van der Waals surface area contributed by atoms with Crippen LogP contribution in [-0.2, 0) is 4.74 Å². The summed E-state index contributed by atoms with van der Waals surface area (Å²) >= 11 is 0. The number of hydrogen-bond acceptors (Lipinski definition) is 6. The van der Waals surface area contributed by atoms with E-state index in [1.54, 1.807) is 40.9 Å². The molecule has 9 heteroatoms. The highest BCUT2D eigenvalue weighted by Gasteiger charge is 2.23.